The van der Waals surface area contributed by atoms with E-state index in [0.29, 0.717) is 17.2 Å². The number of hydrogen-bond donors (Lipinski definition) is 0. The summed E-state index contributed by atoms with van der Waals surface area (Å²) >= 11 is 5.71. The van der Waals surface area contributed by atoms with E-state index < -0.39 is 4.92 Å². The van der Waals surface area contributed by atoms with E-state index in [1.165, 1.54) is 6.07 Å². The van der Waals surface area contributed by atoms with Gasteiger partial charge in [-0.1, -0.05) is 32.0 Å². The standard InChI is InChI=1S/C16H16ClNO3/c1-11(2)13-4-3-5-14(9-13)21-16-7-6-12(10-17)8-15(16)18(19)20/h3-9,11H,10H2,1-2H3. The van der Waals surface area contributed by atoms with E-state index in [1.807, 2.05) is 18.2 Å². The largest absolute Gasteiger partial charge is 0.450 e. The molecule has 0 saturated heterocycles. The van der Waals surface area contributed by atoms with Crippen molar-refractivity contribution in [2.45, 2.75) is 25.6 Å². The number of nitro benzene ring substituents is 1. The molecule has 2 aromatic carbocycles. The monoisotopic (exact) mass is 305 g/mol. The summed E-state index contributed by atoms with van der Waals surface area (Å²) in [5.41, 5.74) is 1.72. The van der Waals surface area contributed by atoms with Gasteiger partial charge in [-0.2, -0.15) is 0 Å². The summed E-state index contributed by atoms with van der Waals surface area (Å²) in [6, 6.07) is 12.3. The van der Waals surface area contributed by atoms with Crippen molar-refractivity contribution in [2.75, 3.05) is 0 Å². The molecule has 0 fully saturated rings. The maximum atomic E-state index is 11.1. The molecule has 0 aliphatic carbocycles. The summed E-state index contributed by atoms with van der Waals surface area (Å²) in [6.45, 7) is 4.16. The van der Waals surface area contributed by atoms with Crippen molar-refractivity contribution in [2.24, 2.45) is 0 Å². The van der Waals surface area contributed by atoms with Crippen LogP contribution in [0.3, 0.4) is 0 Å². The first kappa shape index (κ1) is 15.3. The Balaban J connectivity index is 2.35. The van der Waals surface area contributed by atoms with Gasteiger partial charge in [0.1, 0.15) is 5.75 Å². The summed E-state index contributed by atoms with van der Waals surface area (Å²) in [5.74, 6) is 1.39. The normalized spacial score (nSPS) is 10.7. The van der Waals surface area contributed by atoms with Gasteiger partial charge in [-0.3, -0.25) is 10.1 Å². The lowest BCUT2D eigenvalue weighted by Gasteiger charge is -2.10. The Morgan fingerprint density at radius 1 is 1.24 bits per heavy atom. The Morgan fingerprint density at radius 3 is 2.62 bits per heavy atom. The molecule has 0 radical (unpaired) electrons. The van der Waals surface area contributed by atoms with Gasteiger partial charge in [-0.15, -0.1) is 11.6 Å². The molecule has 0 heterocycles. The second-order valence-electron chi connectivity index (χ2n) is 5.02. The van der Waals surface area contributed by atoms with Crippen LogP contribution in [0.4, 0.5) is 5.69 Å². The van der Waals surface area contributed by atoms with Gasteiger partial charge in [0.25, 0.3) is 0 Å². The summed E-state index contributed by atoms with van der Waals surface area (Å²) in [5, 5.41) is 11.1. The molecule has 0 unspecified atom stereocenters. The number of halogens is 1. The van der Waals surface area contributed by atoms with Crippen LogP contribution < -0.4 is 4.74 Å². The molecule has 0 amide bonds. The number of alkyl halides is 1. The van der Waals surface area contributed by atoms with Gasteiger partial charge in [0.2, 0.25) is 5.75 Å². The lowest BCUT2D eigenvalue weighted by atomic mass is 10.0. The lowest BCUT2D eigenvalue weighted by molar-refractivity contribution is -0.385. The van der Waals surface area contributed by atoms with E-state index in [9.17, 15) is 10.1 Å². The highest BCUT2D eigenvalue weighted by Gasteiger charge is 2.16. The van der Waals surface area contributed by atoms with E-state index in [-0.39, 0.29) is 17.3 Å². The molecule has 110 valence electrons. The zero-order valence-corrected chi connectivity index (χ0v) is 12.6. The van der Waals surface area contributed by atoms with E-state index in [4.69, 9.17) is 16.3 Å². The van der Waals surface area contributed by atoms with Gasteiger partial charge in [-0.05, 0) is 35.2 Å². The Hall–Kier alpha value is -2.07. The fourth-order valence-corrected chi connectivity index (χ4v) is 2.11. The minimum absolute atomic E-state index is 0.0805. The van der Waals surface area contributed by atoms with Gasteiger partial charge >= 0.3 is 5.69 Å². The van der Waals surface area contributed by atoms with Crippen LogP contribution in [0.25, 0.3) is 0 Å². The van der Waals surface area contributed by atoms with Crippen LogP contribution in [0.5, 0.6) is 11.5 Å². The van der Waals surface area contributed by atoms with Gasteiger partial charge in [-0.25, -0.2) is 0 Å². The lowest BCUT2D eigenvalue weighted by Crippen LogP contribution is -1.95. The maximum Gasteiger partial charge on any atom is 0.311 e. The average molecular weight is 306 g/mol. The van der Waals surface area contributed by atoms with Crippen molar-refractivity contribution in [3.8, 4) is 11.5 Å². The van der Waals surface area contributed by atoms with Crippen LogP contribution in [-0.2, 0) is 5.88 Å². The molecule has 0 aliphatic rings. The van der Waals surface area contributed by atoms with E-state index in [1.54, 1.807) is 18.2 Å². The SMILES string of the molecule is CC(C)c1cccc(Oc2ccc(CCl)cc2[N+](=O)[O-])c1. The van der Waals surface area contributed by atoms with Gasteiger partial charge in [0.05, 0.1) is 4.92 Å². The molecule has 21 heavy (non-hydrogen) atoms. The van der Waals surface area contributed by atoms with E-state index in [2.05, 4.69) is 13.8 Å². The van der Waals surface area contributed by atoms with Crippen molar-refractivity contribution >= 4 is 17.3 Å². The van der Waals surface area contributed by atoms with Crippen molar-refractivity contribution < 1.29 is 9.66 Å². The molecule has 0 saturated carbocycles. The first-order valence-electron chi connectivity index (χ1n) is 6.62. The minimum atomic E-state index is -0.461. The predicted octanol–water partition coefficient (Wildman–Crippen LogP) is 5.25. The molecule has 0 atom stereocenters. The molecule has 0 aromatic heterocycles. The first-order valence-corrected chi connectivity index (χ1v) is 7.16. The van der Waals surface area contributed by atoms with Crippen LogP contribution >= 0.6 is 11.6 Å². The zero-order chi connectivity index (χ0) is 15.4. The second kappa shape index (κ2) is 6.59. The van der Waals surface area contributed by atoms with Gasteiger partial charge < -0.3 is 4.74 Å². The fourth-order valence-electron chi connectivity index (χ4n) is 1.94. The quantitative estimate of drug-likeness (QED) is 0.430. The minimum Gasteiger partial charge on any atom is -0.450 e. The highest BCUT2D eigenvalue weighted by Crippen LogP contribution is 2.33. The summed E-state index contributed by atoms with van der Waals surface area (Å²) in [7, 11) is 0. The van der Waals surface area contributed by atoms with Crippen LogP contribution in [0.1, 0.15) is 30.9 Å². The average Bonchev–Trinajstić information content (AvgIpc) is 2.47. The zero-order valence-electron chi connectivity index (χ0n) is 11.9. The van der Waals surface area contributed by atoms with Crippen LogP contribution in [0.15, 0.2) is 42.5 Å². The van der Waals surface area contributed by atoms with E-state index >= 15 is 0 Å². The fraction of sp³-hybridized carbons (Fsp3) is 0.250. The van der Waals surface area contributed by atoms with Gasteiger partial charge in [0.15, 0.2) is 0 Å². The number of nitrogens with zero attached hydrogens (tertiary/aromatic N) is 1. The Kier molecular flexibility index (Phi) is 4.81. The Labute approximate surface area is 128 Å². The second-order valence-corrected chi connectivity index (χ2v) is 5.29. The molecule has 0 bridgehead atoms. The van der Waals surface area contributed by atoms with Crippen molar-refractivity contribution in [1.29, 1.82) is 0 Å². The molecule has 4 nitrogen and oxygen atoms in total. The van der Waals surface area contributed by atoms with Crippen molar-refractivity contribution in [1.82, 2.24) is 0 Å². The number of rotatable bonds is 5. The third kappa shape index (κ3) is 3.73. The van der Waals surface area contributed by atoms with Gasteiger partial charge in [0, 0.05) is 11.9 Å². The number of benzene rings is 2. The smallest absolute Gasteiger partial charge is 0.311 e. The Morgan fingerprint density at radius 2 is 2.00 bits per heavy atom. The number of hydrogen-bond acceptors (Lipinski definition) is 3. The molecular formula is C16H16ClNO3. The highest BCUT2D eigenvalue weighted by molar-refractivity contribution is 6.17. The Bertz CT molecular complexity index is 656. The molecule has 0 spiro atoms. The molecule has 2 aromatic rings. The summed E-state index contributed by atoms with van der Waals surface area (Å²) < 4.78 is 5.68. The summed E-state index contributed by atoms with van der Waals surface area (Å²) in [6.07, 6.45) is 0. The maximum absolute atomic E-state index is 11.1. The van der Waals surface area contributed by atoms with E-state index in [0.717, 1.165) is 5.56 Å². The van der Waals surface area contributed by atoms with Crippen LogP contribution in [-0.4, -0.2) is 4.92 Å². The van der Waals surface area contributed by atoms with Crippen molar-refractivity contribution in [3.63, 3.8) is 0 Å². The molecular weight excluding hydrogens is 290 g/mol. The third-order valence-corrected chi connectivity index (χ3v) is 3.44. The summed E-state index contributed by atoms with van der Waals surface area (Å²) in [4.78, 5) is 10.7. The molecule has 2 rings (SSSR count). The van der Waals surface area contributed by atoms with Crippen LogP contribution in [0, 0.1) is 10.1 Å². The third-order valence-electron chi connectivity index (χ3n) is 3.13. The molecule has 5 heteroatoms. The predicted molar refractivity (Wildman–Crippen MR) is 83.3 cm³/mol. The topological polar surface area (TPSA) is 52.4 Å². The first-order chi connectivity index (χ1) is 10.0. The van der Waals surface area contributed by atoms with Crippen LogP contribution in [0.2, 0.25) is 0 Å². The highest BCUT2D eigenvalue weighted by atomic mass is 35.5. The van der Waals surface area contributed by atoms with Crippen molar-refractivity contribution in [3.05, 3.63) is 63.7 Å². The molecule has 0 aliphatic heterocycles. The molecule has 0 N–H and O–H groups in total. The number of nitro groups is 1. The number of ether oxygens (including phenoxy) is 1.